The van der Waals surface area contributed by atoms with Gasteiger partial charge in [0.15, 0.2) is 0 Å². The van der Waals surface area contributed by atoms with Crippen LogP contribution < -0.4 is 5.32 Å². The van der Waals surface area contributed by atoms with E-state index in [1.807, 2.05) is 11.3 Å². The Kier molecular flexibility index (Phi) is 3.60. The molecule has 1 aliphatic heterocycles. The normalized spacial score (nSPS) is 18.4. The minimum absolute atomic E-state index is 0.420. The van der Waals surface area contributed by atoms with Crippen LogP contribution in [0.15, 0.2) is 23.6 Å². The maximum Gasteiger partial charge on any atom is 0.125 e. The van der Waals surface area contributed by atoms with Crippen molar-refractivity contribution in [2.75, 3.05) is 11.9 Å². The molecule has 1 N–H and O–H groups in total. The second-order valence-corrected chi connectivity index (χ2v) is 6.62. The van der Waals surface area contributed by atoms with Crippen LogP contribution >= 0.6 is 11.3 Å². The van der Waals surface area contributed by atoms with Crippen molar-refractivity contribution in [3.05, 3.63) is 34.2 Å². The van der Waals surface area contributed by atoms with Gasteiger partial charge in [-0.25, -0.2) is 4.68 Å². The topological polar surface area (TPSA) is 29.9 Å². The molecular weight excluding hydrogens is 254 g/mol. The van der Waals surface area contributed by atoms with Gasteiger partial charge >= 0.3 is 0 Å². The number of hydrogen-bond donors (Lipinski definition) is 1. The molecule has 0 saturated heterocycles. The van der Waals surface area contributed by atoms with Gasteiger partial charge in [0.05, 0.1) is 11.7 Å². The van der Waals surface area contributed by atoms with E-state index >= 15 is 0 Å². The number of rotatable bonds is 4. The average molecular weight is 275 g/mol. The molecule has 1 atom stereocenters. The summed E-state index contributed by atoms with van der Waals surface area (Å²) in [7, 11) is 0. The Morgan fingerprint density at radius 1 is 1.53 bits per heavy atom. The predicted octanol–water partition coefficient (Wildman–Crippen LogP) is 3.94. The third kappa shape index (κ3) is 2.68. The van der Waals surface area contributed by atoms with Crippen molar-refractivity contribution in [3.63, 3.8) is 0 Å². The number of anilines is 1. The fourth-order valence-corrected chi connectivity index (χ4v) is 3.42. The van der Waals surface area contributed by atoms with Crippen LogP contribution in [0.25, 0.3) is 0 Å². The lowest BCUT2D eigenvalue weighted by Gasteiger charge is -2.24. The van der Waals surface area contributed by atoms with Gasteiger partial charge in [-0.2, -0.15) is 5.10 Å². The zero-order valence-corrected chi connectivity index (χ0v) is 12.4. The quantitative estimate of drug-likeness (QED) is 0.916. The summed E-state index contributed by atoms with van der Waals surface area (Å²) >= 11 is 1.83. The number of aromatic nitrogens is 2. The molecule has 3 rings (SSSR count). The highest BCUT2D eigenvalue weighted by molar-refractivity contribution is 7.10. The van der Waals surface area contributed by atoms with Crippen molar-refractivity contribution in [2.45, 2.75) is 39.2 Å². The van der Waals surface area contributed by atoms with Gasteiger partial charge in [0.2, 0.25) is 0 Å². The first kappa shape index (κ1) is 12.7. The van der Waals surface area contributed by atoms with Gasteiger partial charge in [-0.3, -0.25) is 0 Å². The lowest BCUT2D eigenvalue weighted by atomic mass is 10.1. The summed E-state index contributed by atoms with van der Waals surface area (Å²) < 4.78 is 2.19. The first-order valence-corrected chi connectivity index (χ1v) is 7.97. The van der Waals surface area contributed by atoms with Crippen LogP contribution in [-0.4, -0.2) is 16.3 Å². The van der Waals surface area contributed by atoms with Crippen molar-refractivity contribution in [1.29, 1.82) is 0 Å². The molecule has 4 heteroatoms. The lowest BCUT2D eigenvalue weighted by molar-refractivity contribution is 0.481. The van der Waals surface area contributed by atoms with E-state index in [4.69, 9.17) is 5.10 Å². The Balaban J connectivity index is 1.84. The summed E-state index contributed by atoms with van der Waals surface area (Å²) in [6.07, 6.45) is 3.41. The number of hydrogen-bond acceptors (Lipinski definition) is 3. The molecule has 0 spiro atoms. The molecule has 1 unspecified atom stereocenters. The molecule has 0 saturated carbocycles. The Labute approximate surface area is 118 Å². The van der Waals surface area contributed by atoms with Gasteiger partial charge < -0.3 is 5.32 Å². The lowest BCUT2D eigenvalue weighted by Crippen LogP contribution is -2.23. The monoisotopic (exact) mass is 275 g/mol. The van der Waals surface area contributed by atoms with Crippen LogP contribution in [0.2, 0.25) is 0 Å². The van der Waals surface area contributed by atoms with E-state index in [-0.39, 0.29) is 0 Å². The van der Waals surface area contributed by atoms with Gasteiger partial charge in [0, 0.05) is 17.5 Å². The minimum Gasteiger partial charge on any atom is -0.370 e. The number of aryl methyl sites for hydroxylation is 1. The van der Waals surface area contributed by atoms with Crippen LogP contribution in [0.1, 0.15) is 43.3 Å². The van der Waals surface area contributed by atoms with Crippen LogP contribution in [-0.2, 0) is 6.42 Å². The van der Waals surface area contributed by atoms with Crippen molar-refractivity contribution in [3.8, 4) is 0 Å². The maximum absolute atomic E-state index is 4.82. The Bertz CT molecular complexity index is 528. The van der Waals surface area contributed by atoms with E-state index in [2.05, 4.69) is 47.4 Å². The molecule has 102 valence electrons. The van der Waals surface area contributed by atoms with Gasteiger partial charge in [-0.05, 0) is 36.6 Å². The smallest absolute Gasteiger partial charge is 0.125 e. The van der Waals surface area contributed by atoms with E-state index in [9.17, 15) is 0 Å². The third-order valence-corrected chi connectivity index (χ3v) is 4.63. The molecule has 1 aliphatic rings. The molecule has 3 heterocycles. The maximum atomic E-state index is 4.82. The average Bonchev–Trinajstić information content (AvgIpc) is 3.04. The fraction of sp³-hybridized carbons (Fsp3) is 0.533. The first-order chi connectivity index (χ1) is 9.24. The summed E-state index contributed by atoms with van der Waals surface area (Å²) in [5, 5.41) is 10.4. The first-order valence-electron chi connectivity index (χ1n) is 7.09. The van der Waals surface area contributed by atoms with Crippen molar-refractivity contribution in [2.24, 2.45) is 5.92 Å². The molecular formula is C15H21N3S. The van der Waals surface area contributed by atoms with Crippen LogP contribution in [0.5, 0.6) is 0 Å². The number of nitrogens with one attached hydrogen (secondary N) is 1. The summed E-state index contributed by atoms with van der Waals surface area (Å²) in [5.74, 6) is 1.92. The SMILES string of the molecule is CC(C)CCc1cc2n(n1)C(c1cccs1)CCN2. The second-order valence-electron chi connectivity index (χ2n) is 5.64. The van der Waals surface area contributed by atoms with Crippen molar-refractivity contribution >= 4 is 17.2 Å². The van der Waals surface area contributed by atoms with Gasteiger partial charge in [0.1, 0.15) is 5.82 Å². The molecule has 0 fully saturated rings. The molecule has 0 bridgehead atoms. The standard InChI is InChI=1S/C15H21N3S/c1-11(2)5-6-12-10-15-16-8-7-13(18(15)17-12)14-4-3-9-19-14/h3-4,9-11,13,16H,5-8H2,1-2H3. The highest BCUT2D eigenvalue weighted by Crippen LogP contribution is 2.32. The highest BCUT2D eigenvalue weighted by Gasteiger charge is 2.23. The van der Waals surface area contributed by atoms with Gasteiger partial charge in [-0.15, -0.1) is 11.3 Å². The van der Waals surface area contributed by atoms with E-state index in [0.717, 1.165) is 25.3 Å². The second kappa shape index (κ2) is 5.37. The van der Waals surface area contributed by atoms with E-state index in [1.165, 1.54) is 22.8 Å². The van der Waals surface area contributed by atoms with Crippen LogP contribution in [0, 0.1) is 5.92 Å². The largest absolute Gasteiger partial charge is 0.370 e. The van der Waals surface area contributed by atoms with Crippen LogP contribution in [0.3, 0.4) is 0 Å². The summed E-state index contributed by atoms with van der Waals surface area (Å²) in [6.45, 7) is 5.57. The molecule has 0 radical (unpaired) electrons. The van der Waals surface area contributed by atoms with Crippen molar-refractivity contribution < 1.29 is 0 Å². The van der Waals surface area contributed by atoms with E-state index in [0.29, 0.717) is 6.04 Å². The molecule has 2 aromatic heterocycles. The molecule has 2 aromatic rings. The zero-order valence-electron chi connectivity index (χ0n) is 11.6. The number of nitrogens with zero attached hydrogens (tertiary/aromatic N) is 2. The van der Waals surface area contributed by atoms with Crippen LogP contribution in [0.4, 0.5) is 5.82 Å². The molecule has 0 amide bonds. The number of fused-ring (bicyclic) bond motifs is 1. The molecule has 0 aromatic carbocycles. The number of thiophene rings is 1. The molecule has 0 aliphatic carbocycles. The Hall–Kier alpha value is -1.29. The van der Waals surface area contributed by atoms with E-state index in [1.54, 1.807) is 0 Å². The summed E-state index contributed by atoms with van der Waals surface area (Å²) in [4.78, 5) is 1.42. The molecule has 19 heavy (non-hydrogen) atoms. The predicted molar refractivity (Wildman–Crippen MR) is 81.0 cm³/mol. The highest BCUT2D eigenvalue weighted by atomic mass is 32.1. The summed E-state index contributed by atoms with van der Waals surface area (Å²) in [5.41, 5.74) is 1.22. The van der Waals surface area contributed by atoms with Gasteiger partial charge in [-0.1, -0.05) is 19.9 Å². The third-order valence-electron chi connectivity index (χ3n) is 3.65. The van der Waals surface area contributed by atoms with E-state index < -0.39 is 0 Å². The van der Waals surface area contributed by atoms with Crippen molar-refractivity contribution in [1.82, 2.24) is 9.78 Å². The zero-order chi connectivity index (χ0) is 13.2. The summed E-state index contributed by atoms with van der Waals surface area (Å²) in [6, 6.07) is 7.00. The minimum atomic E-state index is 0.420. The van der Waals surface area contributed by atoms with Gasteiger partial charge in [0.25, 0.3) is 0 Å². The fourth-order valence-electron chi connectivity index (χ4n) is 2.58. The Morgan fingerprint density at radius 3 is 3.16 bits per heavy atom. The Morgan fingerprint density at radius 2 is 2.42 bits per heavy atom. The molecule has 3 nitrogen and oxygen atoms in total.